The van der Waals surface area contributed by atoms with Gasteiger partial charge in [-0.3, -0.25) is 9.79 Å². The smallest absolute Gasteiger partial charge is 0.261 e. The number of aliphatic imine (C=N–C) groups is 1. The average molecular weight is 331 g/mol. The van der Waals surface area contributed by atoms with E-state index in [4.69, 9.17) is 5.73 Å². The standard InChI is InChI=1S/C21H21N3O/c1-16-12-19(20(22)23-13-17-8-4-2-5-9-17)21(25)24(14-16)15-18-10-6-3-7-11-18/h2-12,14H,13,15H2,1H3,(H2,22,23). The van der Waals surface area contributed by atoms with Crippen molar-refractivity contribution >= 4 is 5.84 Å². The van der Waals surface area contributed by atoms with Crippen LogP contribution < -0.4 is 11.3 Å². The maximum atomic E-state index is 12.8. The highest BCUT2D eigenvalue weighted by Crippen LogP contribution is 2.06. The number of pyridine rings is 1. The zero-order chi connectivity index (χ0) is 17.6. The van der Waals surface area contributed by atoms with Gasteiger partial charge in [0, 0.05) is 6.20 Å². The molecule has 3 rings (SSSR count). The van der Waals surface area contributed by atoms with Crippen molar-refractivity contribution < 1.29 is 0 Å². The largest absolute Gasteiger partial charge is 0.383 e. The summed E-state index contributed by atoms with van der Waals surface area (Å²) in [6.07, 6.45) is 1.85. The molecule has 0 unspecified atom stereocenters. The molecule has 0 spiro atoms. The average Bonchev–Trinajstić information content (AvgIpc) is 2.64. The highest BCUT2D eigenvalue weighted by Gasteiger charge is 2.09. The molecule has 1 aromatic heterocycles. The van der Waals surface area contributed by atoms with E-state index in [1.54, 1.807) is 10.6 Å². The van der Waals surface area contributed by atoms with Crippen molar-refractivity contribution in [1.82, 2.24) is 4.57 Å². The number of hydrogen-bond donors (Lipinski definition) is 1. The maximum Gasteiger partial charge on any atom is 0.261 e. The lowest BCUT2D eigenvalue weighted by Crippen LogP contribution is -2.30. The van der Waals surface area contributed by atoms with E-state index in [2.05, 4.69) is 4.99 Å². The molecule has 3 aromatic rings. The summed E-state index contributed by atoms with van der Waals surface area (Å²) < 4.78 is 1.69. The number of nitrogens with two attached hydrogens (primary N) is 1. The molecule has 0 amide bonds. The van der Waals surface area contributed by atoms with Gasteiger partial charge < -0.3 is 10.3 Å². The third-order valence-corrected chi connectivity index (χ3v) is 3.97. The molecule has 0 aliphatic rings. The van der Waals surface area contributed by atoms with Crippen LogP contribution >= 0.6 is 0 Å². The monoisotopic (exact) mass is 331 g/mol. The first kappa shape index (κ1) is 16.7. The second-order valence-electron chi connectivity index (χ2n) is 6.04. The van der Waals surface area contributed by atoms with Crippen LogP contribution in [0, 0.1) is 6.92 Å². The number of amidine groups is 1. The molecule has 4 heteroatoms. The minimum Gasteiger partial charge on any atom is -0.383 e. The van der Waals surface area contributed by atoms with Crippen LogP contribution in [0.1, 0.15) is 22.3 Å². The summed E-state index contributed by atoms with van der Waals surface area (Å²) in [6.45, 7) is 2.92. The molecule has 0 fully saturated rings. The van der Waals surface area contributed by atoms with Crippen molar-refractivity contribution in [2.75, 3.05) is 0 Å². The Kier molecular flexibility index (Phi) is 5.09. The number of aromatic nitrogens is 1. The highest BCUT2D eigenvalue weighted by atomic mass is 16.1. The van der Waals surface area contributed by atoms with Crippen LogP contribution in [0.5, 0.6) is 0 Å². The zero-order valence-corrected chi connectivity index (χ0v) is 14.2. The van der Waals surface area contributed by atoms with Crippen LogP contribution in [0.25, 0.3) is 0 Å². The summed E-state index contributed by atoms with van der Waals surface area (Å²) in [5.74, 6) is 0.277. The molecule has 0 saturated heterocycles. The summed E-state index contributed by atoms with van der Waals surface area (Å²) in [4.78, 5) is 17.2. The van der Waals surface area contributed by atoms with Crippen LogP contribution in [0.4, 0.5) is 0 Å². The first-order valence-electron chi connectivity index (χ1n) is 8.23. The summed E-state index contributed by atoms with van der Waals surface area (Å²) in [5.41, 5.74) is 9.54. The van der Waals surface area contributed by atoms with Crippen molar-refractivity contribution in [2.45, 2.75) is 20.0 Å². The summed E-state index contributed by atoms with van der Waals surface area (Å²) in [5, 5.41) is 0. The predicted octanol–water partition coefficient (Wildman–Crippen LogP) is 3.11. The van der Waals surface area contributed by atoms with Gasteiger partial charge in [-0.2, -0.15) is 0 Å². The number of nitrogens with zero attached hydrogens (tertiary/aromatic N) is 2. The second kappa shape index (κ2) is 7.62. The SMILES string of the molecule is Cc1cc(C(N)=NCc2ccccc2)c(=O)n(Cc2ccccc2)c1. The molecule has 0 bridgehead atoms. The molecule has 0 aliphatic carbocycles. The Balaban J connectivity index is 1.89. The number of benzene rings is 2. The molecule has 1 heterocycles. The van der Waals surface area contributed by atoms with Gasteiger partial charge in [-0.25, -0.2) is 0 Å². The molecule has 25 heavy (non-hydrogen) atoms. The number of rotatable bonds is 5. The van der Waals surface area contributed by atoms with E-state index >= 15 is 0 Å². The van der Waals surface area contributed by atoms with Crippen molar-refractivity contribution in [3.8, 4) is 0 Å². The van der Waals surface area contributed by atoms with Crippen LogP contribution in [-0.2, 0) is 13.1 Å². The molecule has 126 valence electrons. The number of hydrogen-bond acceptors (Lipinski definition) is 2. The van der Waals surface area contributed by atoms with Crippen LogP contribution in [0.2, 0.25) is 0 Å². The predicted molar refractivity (Wildman–Crippen MR) is 102 cm³/mol. The fourth-order valence-corrected chi connectivity index (χ4v) is 2.71. The van der Waals surface area contributed by atoms with Gasteiger partial charge in [0.25, 0.3) is 5.56 Å². The van der Waals surface area contributed by atoms with Gasteiger partial charge in [0.2, 0.25) is 0 Å². The van der Waals surface area contributed by atoms with E-state index in [9.17, 15) is 4.79 Å². The summed E-state index contributed by atoms with van der Waals surface area (Å²) in [6, 6.07) is 21.5. The molecule has 0 radical (unpaired) electrons. The van der Waals surface area contributed by atoms with Crippen molar-refractivity contribution in [3.63, 3.8) is 0 Å². The molecule has 0 aliphatic heterocycles. The molecule has 4 nitrogen and oxygen atoms in total. The van der Waals surface area contributed by atoms with Gasteiger partial charge in [-0.15, -0.1) is 0 Å². The number of aryl methyl sites for hydroxylation is 1. The second-order valence-corrected chi connectivity index (χ2v) is 6.04. The topological polar surface area (TPSA) is 60.4 Å². The Morgan fingerprint density at radius 3 is 2.24 bits per heavy atom. The Bertz CT molecular complexity index is 928. The Labute approximate surface area is 147 Å². The van der Waals surface area contributed by atoms with Gasteiger partial charge >= 0.3 is 0 Å². The molecular weight excluding hydrogens is 310 g/mol. The van der Waals surface area contributed by atoms with Gasteiger partial charge in [-0.1, -0.05) is 60.7 Å². The summed E-state index contributed by atoms with van der Waals surface area (Å²) in [7, 11) is 0. The molecule has 0 atom stereocenters. The van der Waals surface area contributed by atoms with Crippen LogP contribution in [0.3, 0.4) is 0 Å². The minimum atomic E-state index is -0.122. The zero-order valence-electron chi connectivity index (χ0n) is 14.2. The lowest BCUT2D eigenvalue weighted by Gasteiger charge is -2.10. The van der Waals surface area contributed by atoms with E-state index in [1.807, 2.05) is 73.8 Å². The normalized spacial score (nSPS) is 11.5. The van der Waals surface area contributed by atoms with E-state index in [0.717, 1.165) is 16.7 Å². The Hall–Kier alpha value is -3.14. The van der Waals surface area contributed by atoms with Gasteiger partial charge in [0.1, 0.15) is 5.84 Å². The fourth-order valence-electron chi connectivity index (χ4n) is 2.71. The first-order chi connectivity index (χ1) is 12.1. The van der Waals surface area contributed by atoms with Gasteiger partial charge in [0.05, 0.1) is 18.7 Å². The lowest BCUT2D eigenvalue weighted by molar-refractivity contribution is 0.752. The molecular formula is C21H21N3O. The third-order valence-electron chi connectivity index (χ3n) is 3.97. The highest BCUT2D eigenvalue weighted by molar-refractivity contribution is 5.97. The molecule has 2 N–H and O–H groups in total. The Morgan fingerprint density at radius 1 is 1.00 bits per heavy atom. The van der Waals surface area contributed by atoms with Gasteiger partial charge in [-0.05, 0) is 29.7 Å². The van der Waals surface area contributed by atoms with Crippen LogP contribution in [0.15, 0.2) is 82.7 Å². The van der Waals surface area contributed by atoms with E-state index in [1.165, 1.54) is 0 Å². The first-order valence-corrected chi connectivity index (χ1v) is 8.23. The summed E-state index contributed by atoms with van der Waals surface area (Å²) >= 11 is 0. The molecule has 0 saturated carbocycles. The van der Waals surface area contributed by atoms with E-state index < -0.39 is 0 Å². The van der Waals surface area contributed by atoms with E-state index in [0.29, 0.717) is 18.7 Å². The van der Waals surface area contributed by atoms with Gasteiger partial charge in [0.15, 0.2) is 0 Å². The van der Waals surface area contributed by atoms with Crippen LogP contribution in [-0.4, -0.2) is 10.4 Å². The van der Waals surface area contributed by atoms with Crippen molar-refractivity contribution in [1.29, 1.82) is 0 Å². The van der Waals surface area contributed by atoms with E-state index in [-0.39, 0.29) is 11.4 Å². The quantitative estimate of drug-likeness (QED) is 0.577. The Morgan fingerprint density at radius 2 is 1.60 bits per heavy atom. The fraction of sp³-hybridized carbons (Fsp3) is 0.143. The third kappa shape index (κ3) is 4.23. The van der Waals surface area contributed by atoms with Crippen molar-refractivity contribution in [2.24, 2.45) is 10.7 Å². The maximum absolute atomic E-state index is 12.8. The lowest BCUT2D eigenvalue weighted by atomic mass is 10.1. The minimum absolute atomic E-state index is 0.122. The van der Waals surface area contributed by atoms with Crippen molar-refractivity contribution in [3.05, 3.63) is 106 Å². The molecule has 2 aromatic carbocycles.